The van der Waals surface area contributed by atoms with Crippen LogP contribution in [0.5, 0.6) is 0 Å². The van der Waals surface area contributed by atoms with Crippen LogP contribution >= 0.6 is 0 Å². The Balaban J connectivity index is 4.33. The van der Waals surface area contributed by atoms with Crippen molar-refractivity contribution < 1.29 is 9.90 Å². The lowest BCUT2D eigenvalue weighted by atomic mass is 10.0. The summed E-state index contributed by atoms with van der Waals surface area (Å²) >= 11 is 0. The fourth-order valence-electron chi connectivity index (χ4n) is 1.07. The number of rotatable bonds is 5. The van der Waals surface area contributed by atoms with Gasteiger partial charge in [-0.2, -0.15) is 0 Å². The molecule has 0 amide bonds. The summed E-state index contributed by atoms with van der Waals surface area (Å²) in [6.07, 6.45) is 3.57. The number of allylic oxidation sites excluding steroid dienone is 1. The van der Waals surface area contributed by atoms with Crippen molar-refractivity contribution in [1.82, 2.24) is 0 Å². The van der Waals surface area contributed by atoms with Gasteiger partial charge >= 0.3 is 5.97 Å². The molecule has 0 spiro atoms. The standard InChI is InChI=1S/C10H18O2/c1-4-6-7-9(10(11)12)8(3)5-2/h4-7H2,1-3H3,(H,11,12). The van der Waals surface area contributed by atoms with Crippen molar-refractivity contribution in [3.63, 3.8) is 0 Å². The predicted molar refractivity (Wildman–Crippen MR) is 50.2 cm³/mol. The number of aliphatic carboxylic acids is 1. The Labute approximate surface area is 74.3 Å². The van der Waals surface area contributed by atoms with Gasteiger partial charge in [0.15, 0.2) is 0 Å². The molecule has 0 fully saturated rings. The molecule has 0 aliphatic heterocycles. The molecule has 2 heteroatoms. The molecular weight excluding hydrogens is 152 g/mol. The van der Waals surface area contributed by atoms with Crippen LogP contribution < -0.4 is 0 Å². The normalized spacial score (nSPS) is 12.6. The Morgan fingerprint density at radius 2 is 1.92 bits per heavy atom. The SMILES string of the molecule is CCCCC(C(=O)O)=C(C)CC. The van der Waals surface area contributed by atoms with Crippen molar-refractivity contribution in [3.8, 4) is 0 Å². The molecule has 0 aliphatic rings. The van der Waals surface area contributed by atoms with Crippen LogP contribution in [-0.2, 0) is 4.79 Å². The molecule has 2 nitrogen and oxygen atoms in total. The molecule has 0 rings (SSSR count). The minimum absolute atomic E-state index is 0.611. The van der Waals surface area contributed by atoms with Gasteiger partial charge in [-0.15, -0.1) is 0 Å². The van der Waals surface area contributed by atoms with Crippen LogP contribution in [0.2, 0.25) is 0 Å². The number of carboxylic acids is 1. The topological polar surface area (TPSA) is 37.3 Å². The Kier molecular flexibility index (Phi) is 5.43. The highest BCUT2D eigenvalue weighted by Gasteiger charge is 2.08. The lowest BCUT2D eigenvalue weighted by Crippen LogP contribution is -2.03. The van der Waals surface area contributed by atoms with Gasteiger partial charge < -0.3 is 5.11 Å². The minimum Gasteiger partial charge on any atom is -0.478 e. The molecule has 0 saturated heterocycles. The average Bonchev–Trinajstić information content (AvgIpc) is 2.04. The molecular formula is C10H18O2. The van der Waals surface area contributed by atoms with E-state index in [1.54, 1.807) is 0 Å². The highest BCUT2D eigenvalue weighted by atomic mass is 16.4. The summed E-state index contributed by atoms with van der Waals surface area (Å²) in [5, 5.41) is 8.84. The first-order valence-corrected chi connectivity index (χ1v) is 4.55. The van der Waals surface area contributed by atoms with Gasteiger partial charge in [0, 0.05) is 5.57 Å². The maximum atomic E-state index is 10.7. The van der Waals surface area contributed by atoms with Crippen LogP contribution in [0.4, 0.5) is 0 Å². The van der Waals surface area contributed by atoms with Gasteiger partial charge in [-0.1, -0.05) is 25.8 Å². The summed E-state index contributed by atoms with van der Waals surface area (Å²) in [5.74, 6) is -0.747. The molecule has 0 aliphatic carbocycles. The van der Waals surface area contributed by atoms with Gasteiger partial charge in [0.05, 0.1) is 0 Å². The zero-order chi connectivity index (χ0) is 9.56. The highest BCUT2D eigenvalue weighted by molar-refractivity contribution is 5.87. The van der Waals surface area contributed by atoms with Crippen LogP contribution in [0, 0.1) is 0 Å². The van der Waals surface area contributed by atoms with Crippen molar-refractivity contribution in [3.05, 3.63) is 11.1 Å². The summed E-state index contributed by atoms with van der Waals surface area (Å²) in [6, 6.07) is 0. The van der Waals surface area contributed by atoms with Crippen LogP contribution in [0.15, 0.2) is 11.1 Å². The Morgan fingerprint density at radius 3 is 2.25 bits per heavy atom. The van der Waals surface area contributed by atoms with E-state index in [-0.39, 0.29) is 0 Å². The van der Waals surface area contributed by atoms with E-state index in [4.69, 9.17) is 5.11 Å². The average molecular weight is 170 g/mol. The first kappa shape index (κ1) is 11.2. The lowest BCUT2D eigenvalue weighted by Gasteiger charge is -2.04. The van der Waals surface area contributed by atoms with Gasteiger partial charge in [-0.25, -0.2) is 4.79 Å². The number of hydrogen-bond donors (Lipinski definition) is 1. The van der Waals surface area contributed by atoms with E-state index in [0.717, 1.165) is 24.8 Å². The second kappa shape index (κ2) is 5.81. The molecule has 0 aromatic heterocycles. The van der Waals surface area contributed by atoms with E-state index < -0.39 is 5.97 Å². The number of unbranched alkanes of at least 4 members (excludes halogenated alkanes) is 1. The number of hydrogen-bond acceptors (Lipinski definition) is 1. The van der Waals surface area contributed by atoms with Gasteiger partial charge in [0.25, 0.3) is 0 Å². The molecule has 0 heterocycles. The van der Waals surface area contributed by atoms with Gasteiger partial charge in [-0.05, 0) is 26.2 Å². The second-order valence-electron chi connectivity index (χ2n) is 3.02. The molecule has 0 unspecified atom stereocenters. The van der Waals surface area contributed by atoms with Crippen LogP contribution in [0.25, 0.3) is 0 Å². The molecule has 0 aromatic carbocycles. The summed E-state index contributed by atoms with van der Waals surface area (Å²) in [7, 11) is 0. The van der Waals surface area contributed by atoms with Crippen LogP contribution in [0.1, 0.15) is 46.5 Å². The fraction of sp³-hybridized carbons (Fsp3) is 0.700. The summed E-state index contributed by atoms with van der Waals surface area (Å²) in [6.45, 7) is 5.96. The van der Waals surface area contributed by atoms with Crippen molar-refractivity contribution in [1.29, 1.82) is 0 Å². The fourth-order valence-corrected chi connectivity index (χ4v) is 1.07. The summed E-state index contributed by atoms with van der Waals surface area (Å²) in [4.78, 5) is 10.7. The molecule has 0 radical (unpaired) electrons. The molecule has 12 heavy (non-hydrogen) atoms. The van der Waals surface area contributed by atoms with Crippen molar-refractivity contribution in [2.75, 3.05) is 0 Å². The molecule has 70 valence electrons. The number of carboxylic acid groups (broad SMARTS) is 1. The molecule has 0 atom stereocenters. The van der Waals surface area contributed by atoms with E-state index in [1.165, 1.54) is 0 Å². The smallest absolute Gasteiger partial charge is 0.331 e. The first-order chi connectivity index (χ1) is 5.63. The third-order valence-corrected chi connectivity index (χ3v) is 2.08. The van der Waals surface area contributed by atoms with Crippen molar-refractivity contribution in [2.45, 2.75) is 46.5 Å². The van der Waals surface area contributed by atoms with Gasteiger partial charge in [0.2, 0.25) is 0 Å². The van der Waals surface area contributed by atoms with E-state index >= 15 is 0 Å². The van der Waals surface area contributed by atoms with E-state index in [1.807, 2.05) is 13.8 Å². The molecule has 1 N–H and O–H groups in total. The van der Waals surface area contributed by atoms with Crippen LogP contribution in [0.3, 0.4) is 0 Å². The molecule has 0 aromatic rings. The largest absolute Gasteiger partial charge is 0.478 e. The van der Waals surface area contributed by atoms with Crippen LogP contribution in [-0.4, -0.2) is 11.1 Å². The maximum absolute atomic E-state index is 10.7. The maximum Gasteiger partial charge on any atom is 0.331 e. The first-order valence-electron chi connectivity index (χ1n) is 4.55. The minimum atomic E-state index is -0.747. The van der Waals surface area contributed by atoms with E-state index in [0.29, 0.717) is 12.0 Å². The van der Waals surface area contributed by atoms with Crippen molar-refractivity contribution in [2.24, 2.45) is 0 Å². The third kappa shape index (κ3) is 3.56. The summed E-state index contributed by atoms with van der Waals surface area (Å²) in [5.41, 5.74) is 1.62. The predicted octanol–water partition coefficient (Wildman–Crippen LogP) is 2.99. The highest BCUT2D eigenvalue weighted by Crippen LogP contribution is 2.14. The molecule has 0 saturated carbocycles. The second-order valence-corrected chi connectivity index (χ2v) is 3.02. The summed E-state index contributed by atoms with van der Waals surface area (Å²) < 4.78 is 0. The quantitative estimate of drug-likeness (QED) is 0.644. The monoisotopic (exact) mass is 170 g/mol. The van der Waals surface area contributed by atoms with Gasteiger partial charge in [0.1, 0.15) is 0 Å². The molecule has 0 bridgehead atoms. The zero-order valence-electron chi connectivity index (χ0n) is 8.18. The number of carbonyl (C=O) groups is 1. The third-order valence-electron chi connectivity index (χ3n) is 2.08. The van der Waals surface area contributed by atoms with Gasteiger partial charge in [-0.3, -0.25) is 0 Å². The lowest BCUT2D eigenvalue weighted by molar-refractivity contribution is -0.132. The van der Waals surface area contributed by atoms with E-state index in [2.05, 4.69) is 6.92 Å². The van der Waals surface area contributed by atoms with E-state index in [9.17, 15) is 4.79 Å². The Morgan fingerprint density at radius 1 is 1.33 bits per heavy atom. The zero-order valence-corrected chi connectivity index (χ0v) is 8.18. The van der Waals surface area contributed by atoms with Crippen molar-refractivity contribution >= 4 is 5.97 Å². The Bertz CT molecular complexity index is 180. The Hall–Kier alpha value is -0.790.